The Kier molecular flexibility index (Phi) is 6.61. The molecule has 3 amide bonds. The summed E-state index contributed by atoms with van der Waals surface area (Å²) in [7, 11) is 0. The van der Waals surface area contributed by atoms with Gasteiger partial charge in [0, 0.05) is 58.4 Å². The molecule has 0 saturated carbocycles. The number of pyridine rings is 1. The lowest BCUT2D eigenvalue weighted by atomic mass is 9.82. The summed E-state index contributed by atoms with van der Waals surface area (Å²) < 4.78 is 5.47. The summed E-state index contributed by atoms with van der Waals surface area (Å²) in [6.45, 7) is 10.7. The van der Waals surface area contributed by atoms with Crippen LogP contribution >= 0.6 is 0 Å². The normalized spacial score (nSPS) is 24.7. The van der Waals surface area contributed by atoms with E-state index < -0.39 is 11.0 Å². The van der Waals surface area contributed by atoms with E-state index in [9.17, 15) is 14.4 Å². The van der Waals surface area contributed by atoms with Gasteiger partial charge in [0.05, 0.1) is 5.41 Å². The lowest BCUT2D eigenvalue weighted by Crippen LogP contribution is -2.49. The van der Waals surface area contributed by atoms with Gasteiger partial charge in [-0.1, -0.05) is 6.07 Å². The first-order valence-corrected chi connectivity index (χ1v) is 11.9. The highest BCUT2D eigenvalue weighted by Crippen LogP contribution is 2.38. The summed E-state index contributed by atoms with van der Waals surface area (Å²) in [5.74, 6) is 0.577. The van der Waals surface area contributed by atoms with E-state index in [0.29, 0.717) is 26.1 Å². The smallest absolute Gasteiger partial charge is 0.410 e. The van der Waals surface area contributed by atoms with E-state index in [1.807, 2.05) is 33.0 Å². The molecular weight excluding hydrogens is 422 g/mol. The zero-order valence-electron chi connectivity index (χ0n) is 19.9. The summed E-state index contributed by atoms with van der Waals surface area (Å²) in [4.78, 5) is 47.5. The summed E-state index contributed by atoms with van der Waals surface area (Å²) >= 11 is 0. The molecule has 1 aromatic heterocycles. The quantitative estimate of drug-likeness (QED) is 0.695. The molecule has 1 aromatic rings. The van der Waals surface area contributed by atoms with Crippen LogP contribution in [0, 0.1) is 5.41 Å². The number of ether oxygens (including phenoxy) is 1. The maximum atomic E-state index is 12.6. The van der Waals surface area contributed by atoms with Gasteiger partial charge in [-0.25, -0.2) is 9.78 Å². The molecule has 1 spiro atoms. The fourth-order valence-corrected chi connectivity index (χ4v) is 4.85. The highest BCUT2D eigenvalue weighted by atomic mass is 16.6. The number of hydrogen-bond acceptors (Lipinski definition) is 7. The maximum absolute atomic E-state index is 12.6. The number of aromatic nitrogens is 1. The van der Waals surface area contributed by atoms with Gasteiger partial charge >= 0.3 is 6.09 Å². The van der Waals surface area contributed by atoms with Crippen LogP contribution in [0.2, 0.25) is 0 Å². The number of anilines is 1. The van der Waals surface area contributed by atoms with Crippen molar-refractivity contribution in [1.29, 1.82) is 0 Å². The largest absolute Gasteiger partial charge is 0.444 e. The number of rotatable bonds is 3. The molecule has 180 valence electrons. The van der Waals surface area contributed by atoms with Crippen molar-refractivity contribution in [2.24, 2.45) is 5.41 Å². The highest BCUT2D eigenvalue weighted by Gasteiger charge is 2.46. The minimum atomic E-state index is -0.486. The monoisotopic (exact) mass is 457 g/mol. The Morgan fingerprint density at radius 3 is 2.55 bits per heavy atom. The Balaban J connectivity index is 1.29. The zero-order chi connectivity index (χ0) is 23.6. The van der Waals surface area contributed by atoms with E-state index in [1.165, 1.54) is 0 Å². The molecule has 0 aromatic carbocycles. The fourth-order valence-electron chi connectivity index (χ4n) is 4.85. The Morgan fingerprint density at radius 2 is 1.88 bits per heavy atom. The molecule has 3 saturated heterocycles. The van der Waals surface area contributed by atoms with Crippen molar-refractivity contribution in [2.45, 2.75) is 58.6 Å². The molecule has 3 aliphatic heterocycles. The molecule has 1 atom stereocenters. The molecule has 9 nitrogen and oxygen atoms in total. The number of carbonyl (C=O) groups is 3. The topological polar surface area (TPSA) is 95.1 Å². The van der Waals surface area contributed by atoms with Gasteiger partial charge in [0.15, 0.2) is 0 Å². The molecule has 0 radical (unpaired) electrons. The van der Waals surface area contributed by atoms with Gasteiger partial charge in [-0.05, 0) is 51.7 Å². The van der Waals surface area contributed by atoms with Crippen molar-refractivity contribution in [3.63, 3.8) is 0 Å². The molecule has 1 N–H and O–H groups in total. The summed E-state index contributed by atoms with van der Waals surface area (Å²) in [6.07, 6.45) is 4.32. The van der Waals surface area contributed by atoms with Crippen molar-refractivity contribution >= 4 is 23.7 Å². The van der Waals surface area contributed by atoms with Crippen LogP contribution in [0.1, 0.15) is 52.0 Å². The highest BCUT2D eigenvalue weighted by molar-refractivity contribution is 5.99. The average molecular weight is 458 g/mol. The fraction of sp³-hybridized carbons (Fsp3) is 0.667. The number of imide groups is 1. The van der Waals surface area contributed by atoms with Gasteiger partial charge in [-0.3, -0.25) is 19.8 Å². The van der Waals surface area contributed by atoms with Crippen molar-refractivity contribution in [3.05, 3.63) is 23.9 Å². The Labute approximate surface area is 195 Å². The molecule has 3 fully saturated rings. The predicted molar refractivity (Wildman–Crippen MR) is 124 cm³/mol. The van der Waals surface area contributed by atoms with Gasteiger partial charge in [0.25, 0.3) is 0 Å². The molecule has 0 bridgehead atoms. The number of amides is 3. The van der Waals surface area contributed by atoms with Crippen LogP contribution < -0.4 is 10.2 Å². The second-order valence-corrected chi connectivity index (χ2v) is 10.5. The Hall–Kier alpha value is -2.68. The summed E-state index contributed by atoms with van der Waals surface area (Å²) in [5, 5.41) is 2.56. The van der Waals surface area contributed by atoms with E-state index in [1.54, 1.807) is 4.90 Å². The van der Waals surface area contributed by atoms with E-state index in [4.69, 9.17) is 4.74 Å². The van der Waals surface area contributed by atoms with Crippen LogP contribution in [0.3, 0.4) is 0 Å². The second kappa shape index (κ2) is 9.29. The molecule has 4 rings (SSSR count). The van der Waals surface area contributed by atoms with Crippen molar-refractivity contribution < 1.29 is 19.1 Å². The maximum Gasteiger partial charge on any atom is 0.410 e. The van der Waals surface area contributed by atoms with E-state index in [0.717, 1.165) is 56.8 Å². The standard InChI is InChI=1S/C24H35N5O4/c1-23(2,3)33-22(32)28-13-11-27(12-14-28)16-18-6-7-19(25-15-18)29-10-9-24(17-29)8-4-5-20(30)26-21(24)31/h6-7,15H,4-5,8-14,16-17H2,1-3H3,(H,26,30,31). The molecular formula is C24H35N5O4. The van der Waals surface area contributed by atoms with Gasteiger partial charge in [-0.15, -0.1) is 0 Å². The second-order valence-electron chi connectivity index (χ2n) is 10.5. The molecule has 3 aliphatic rings. The van der Waals surface area contributed by atoms with Crippen molar-refractivity contribution in [1.82, 2.24) is 20.1 Å². The van der Waals surface area contributed by atoms with Crippen LogP contribution in [0.4, 0.5) is 10.6 Å². The Bertz CT molecular complexity index is 889. The van der Waals surface area contributed by atoms with E-state index in [-0.39, 0.29) is 17.9 Å². The summed E-state index contributed by atoms with van der Waals surface area (Å²) in [5.41, 5.74) is 0.158. The van der Waals surface area contributed by atoms with Gasteiger partial charge in [0.2, 0.25) is 11.8 Å². The summed E-state index contributed by atoms with van der Waals surface area (Å²) in [6, 6.07) is 4.11. The first kappa shape index (κ1) is 23.5. The predicted octanol–water partition coefficient (Wildman–Crippen LogP) is 2.16. The van der Waals surface area contributed by atoms with E-state index in [2.05, 4.69) is 26.2 Å². The molecule has 9 heteroatoms. The zero-order valence-corrected chi connectivity index (χ0v) is 19.9. The average Bonchev–Trinajstić information content (AvgIpc) is 3.13. The Morgan fingerprint density at radius 1 is 1.12 bits per heavy atom. The third-order valence-electron chi connectivity index (χ3n) is 6.71. The lowest BCUT2D eigenvalue weighted by molar-refractivity contribution is -0.134. The number of carbonyl (C=O) groups excluding carboxylic acids is 3. The van der Waals surface area contributed by atoms with Crippen molar-refractivity contribution in [3.8, 4) is 0 Å². The molecule has 4 heterocycles. The van der Waals surface area contributed by atoms with E-state index >= 15 is 0 Å². The van der Waals surface area contributed by atoms with Gasteiger partial charge in [0.1, 0.15) is 11.4 Å². The SMILES string of the molecule is CC(C)(C)OC(=O)N1CCN(Cc2ccc(N3CCC4(CCCC(=O)NC4=O)C3)nc2)CC1. The number of piperazine rings is 1. The molecule has 33 heavy (non-hydrogen) atoms. The first-order valence-electron chi connectivity index (χ1n) is 11.9. The van der Waals surface area contributed by atoms with Crippen LogP contribution in [-0.4, -0.2) is 77.6 Å². The number of hydrogen-bond donors (Lipinski definition) is 1. The third-order valence-corrected chi connectivity index (χ3v) is 6.71. The molecule has 0 aliphatic carbocycles. The molecule has 1 unspecified atom stereocenters. The van der Waals surface area contributed by atoms with Gasteiger partial charge in [-0.2, -0.15) is 0 Å². The first-order chi connectivity index (χ1) is 15.6. The van der Waals surface area contributed by atoms with Crippen LogP contribution in [0.25, 0.3) is 0 Å². The lowest BCUT2D eigenvalue weighted by Gasteiger charge is -2.35. The minimum Gasteiger partial charge on any atom is -0.444 e. The van der Waals surface area contributed by atoms with Crippen LogP contribution in [-0.2, 0) is 20.9 Å². The van der Waals surface area contributed by atoms with Crippen molar-refractivity contribution in [2.75, 3.05) is 44.2 Å². The number of nitrogens with zero attached hydrogens (tertiary/aromatic N) is 4. The number of nitrogens with one attached hydrogen (secondary N) is 1. The van der Waals surface area contributed by atoms with Gasteiger partial charge < -0.3 is 14.5 Å². The van der Waals surface area contributed by atoms with Crippen LogP contribution in [0.5, 0.6) is 0 Å². The minimum absolute atomic E-state index is 0.130. The van der Waals surface area contributed by atoms with Crippen LogP contribution in [0.15, 0.2) is 18.3 Å². The third kappa shape index (κ3) is 5.63.